The first-order valence-corrected chi connectivity index (χ1v) is 7.65. The third-order valence-corrected chi connectivity index (χ3v) is 3.61. The highest BCUT2D eigenvalue weighted by Gasteiger charge is 2.12. The van der Waals surface area contributed by atoms with Gasteiger partial charge in [-0.15, -0.1) is 0 Å². The van der Waals surface area contributed by atoms with Crippen molar-refractivity contribution in [2.75, 3.05) is 13.1 Å². The van der Waals surface area contributed by atoms with Crippen molar-refractivity contribution in [1.29, 1.82) is 0 Å². The van der Waals surface area contributed by atoms with Gasteiger partial charge >= 0.3 is 0 Å². The van der Waals surface area contributed by atoms with Gasteiger partial charge in [0.2, 0.25) is 0 Å². The molecular formula is C19H24FN. The third kappa shape index (κ3) is 5.31. The maximum Gasteiger partial charge on any atom is 0.123 e. The minimum atomic E-state index is -0.174. The lowest BCUT2D eigenvalue weighted by molar-refractivity contribution is 0.513. The lowest BCUT2D eigenvalue weighted by Gasteiger charge is -2.19. The van der Waals surface area contributed by atoms with Crippen molar-refractivity contribution in [3.63, 3.8) is 0 Å². The molecule has 2 heteroatoms. The molecule has 2 aromatic rings. The molecule has 2 rings (SSSR count). The highest BCUT2D eigenvalue weighted by atomic mass is 19.1. The van der Waals surface area contributed by atoms with Crippen LogP contribution in [0.25, 0.3) is 0 Å². The molecule has 1 nitrogen and oxygen atoms in total. The van der Waals surface area contributed by atoms with Gasteiger partial charge in [0.15, 0.2) is 0 Å². The van der Waals surface area contributed by atoms with Crippen LogP contribution in [0.15, 0.2) is 54.6 Å². The average molecular weight is 285 g/mol. The summed E-state index contributed by atoms with van der Waals surface area (Å²) in [4.78, 5) is 0. The van der Waals surface area contributed by atoms with E-state index < -0.39 is 0 Å². The number of nitrogens with one attached hydrogen (secondary N) is 1. The van der Waals surface area contributed by atoms with Gasteiger partial charge in [-0.2, -0.15) is 0 Å². The zero-order valence-corrected chi connectivity index (χ0v) is 12.9. The molecule has 112 valence electrons. The standard InChI is InChI=1S/C19H24FN/c1-15(2)13-21-14-18(12-16-6-4-3-5-7-16)17-8-10-19(20)11-9-17/h3-11,15,18,21H,12-14H2,1-2H3. The van der Waals surface area contributed by atoms with Gasteiger partial charge in [0.25, 0.3) is 0 Å². The summed E-state index contributed by atoms with van der Waals surface area (Å²) in [7, 11) is 0. The molecule has 0 aliphatic rings. The Hall–Kier alpha value is -1.67. The van der Waals surface area contributed by atoms with Gasteiger partial charge in [0.05, 0.1) is 0 Å². The van der Waals surface area contributed by atoms with Gasteiger partial charge < -0.3 is 5.32 Å². The molecule has 0 aliphatic carbocycles. The van der Waals surface area contributed by atoms with Gasteiger partial charge in [-0.25, -0.2) is 4.39 Å². The van der Waals surface area contributed by atoms with Crippen LogP contribution in [0.2, 0.25) is 0 Å². The van der Waals surface area contributed by atoms with Crippen LogP contribution in [0.5, 0.6) is 0 Å². The molecule has 0 fully saturated rings. The molecule has 0 saturated carbocycles. The average Bonchev–Trinajstić information content (AvgIpc) is 2.48. The smallest absolute Gasteiger partial charge is 0.123 e. The number of benzene rings is 2. The molecule has 0 aliphatic heterocycles. The van der Waals surface area contributed by atoms with Gasteiger partial charge in [0.1, 0.15) is 5.82 Å². The predicted molar refractivity (Wildman–Crippen MR) is 87.0 cm³/mol. The number of hydrogen-bond acceptors (Lipinski definition) is 1. The summed E-state index contributed by atoms with van der Waals surface area (Å²) in [5.41, 5.74) is 2.51. The van der Waals surface area contributed by atoms with Crippen molar-refractivity contribution < 1.29 is 4.39 Å². The Labute approximate surface area is 127 Å². The lowest BCUT2D eigenvalue weighted by Crippen LogP contribution is -2.26. The monoisotopic (exact) mass is 285 g/mol. The summed E-state index contributed by atoms with van der Waals surface area (Å²) in [6, 6.07) is 17.4. The molecule has 0 heterocycles. The summed E-state index contributed by atoms with van der Waals surface area (Å²) in [5, 5.41) is 3.52. The zero-order chi connectivity index (χ0) is 15.1. The van der Waals surface area contributed by atoms with Crippen LogP contribution in [-0.4, -0.2) is 13.1 Å². The van der Waals surface area contributed by atoms with Crippen LogP contribution in [0.4, 0.5) is 4.39 Å². The number of rotatable bonds is 7. The molecule has 1 N–H and O–H groups in total. The second kappa shape index (κ2) is 7.94. The van der Waals surface area contributed by atoms with Crippen LogP contribution in [0, 0.1) is 11.7 Å². The molecule has 1 unspecified atom stereocenters. The summed E-state index contributed by atoms with van der Waals surface area (Å²) in [5.74, 6) is 0.828. The van der Waals surface area contributed by atoms with Gasteiger partial charge in [0, 0.05) is 12.5 Å². The zero-order valence-electron chi connectivity index (χ0n) is 12.9. The molecule has 1 atom stereocenters. The number of hydrogen-bond donors (Lipinski definition) is 1. The highest BCUT2D eigenvalue weighted by molar-refractivity contribution is 5.25. The Morgan fingerprint density at radius 2 is 1.57 bits per heavy atom. The van der Waals surface area contributed by atoms with E-state index in [2.05, 4.69) is 43.4 Å². The summed E-state index contributed by atoms with van der Waals surface area (Å²) < 4.78 is 13.1. The van der Waals surface area contributed by atoms with E-state index in [-0.39, 0.29) is 5.82 Å². The molecule has 0 bridgehead atoms. The van der Waals surface area contributed by atoms with E-state index in [0.717, 1.165) is 19.5 Å². The van der Waals surface area contributed by atoms with E-state index in [1.807, 2.05) is 18.2 Å². The van der Waals surface area contributed by atoms with E-state index in [1.54, 1.807) is 12.1 Å². The van der Waals surface area contributed by atoms with Crippen molar-refractivity contribution in [2.45, 2.75) is 26.2 Å². The lowest BCUT2D eigenvalue weighted by atomic mass is 9.91. The van der Waals surface area contributed by atoms with E-state index in [9.17, 15) is 4.39 Å². The predicted octanol–water partition coefficient (Wildman–Crippen LogP) is 4.40. The molecule has 0 aromatic heterocycles. The minimum Gasteiger partial charge on any atom is -0.316 e. The maximum atomic E-state index is 13.1. The minimum absolute atomic E-state index is 0.174. The molecule has 2 aromatic carbocycles. The Balaban J connectivity index is 2.08. The van der Waals surface area contributed by atoms with E-state index in [0.29, 0.717) is 11.8 Å². The summed E-state index contributed by atoms with van der Waals surface area (Å²) in [6.07, 6.45) is 0.970. The van der Waals surface area contributed by atoms with E-state index in [1.165, 1.54) is 11.1 Å². The van der Waals surface area contributed by atoms with Crippen molar-refractivity contribution in [1.82, 2.24) is 5.32 Å². The highest BCUT2D eigenvalue weighted by Crippen LogP contribution is 2.21. The van der Waals surface area contributed by atoms with Crippen LogP contribution >= 0.6 is 0 Å². The molecule has 0 amide bonds. The summed E-state index contributed by atoms with van der Waals surface area (Å²) in [6.45, 7) is 6.33. The fourth-order valence-corrected chi connectivity index (χ4v) is 2.49. The molecule has 21 heavy (non-hydrogen) atoms. The third-order valence-electron chi connectivity index (χ3n) is 3.61. The first-order chi connectivity index (χ1) is 10.1. The van der Waals surface area contributed by atoms with Gasteiger partial charge in [-0.3, -0.25) is 0 Å². The van der Waals surface area contributed by atoms with E-state index >= 15 is 0 Å². The molecule has 0 saturated heterocycles. The Bertz CT molecular complexity index is 519. The first-order valence-electron chi connectivity index (χ1n) is 7.65. The quantitative estimate of drug-likeness (QED) is 0.795. The Kier molecular flexibility index (Phi) is 5.94. The molecule has 0 spiro atoms. The fourth-order valence-electron chi connectivity index (χ4n) is 2.49. The van der Waals surface area contributed by atoms with Crippen molar-refractivity contribution in [3.05, 3.63) is 71.5 Å². The second-order valence-corrected chi connectivity index (χ2v) is 5.99. The van der Waals surface area contributed by atoms with Crippen LogP contribution in [0.1, 0.15) is 30.9 Å². The summed E-state index contributed by atoms with van der Waals surface area (Å²) >= 11 is 0. The van der Waals surface area contributed by atoms with Crippen molar-refractivity contribution >= 4 is 0 Å². The van der Waals surface area contributed by atoms with Crippen LogP contribution < -0.4 is 5.32 Å². The van der Waals surface area contributed by atoms with Crippen molar-refractivity contribution in [3.8, 4) is 0 Å². The van der Waals surface area contributed by atoms with Gasteiger partial charge in [-0.05, 0) is 42.1 Å². The fraction of sp³-hybridized carbons (Fsp3) is 0.368. The van der Waals surface area contributed by atoms with E-state index in [4.69, 9.17) is 0 Å². The van der Waals surface area contributed by atoms with Crippen LogP contribution in [-0.2, 0) is 6.42 Å². The maximum absolute atomic E-state index is 13.1. The number of halogens is 1. The molecular weight excluding hydrogens is 261 g/mol. The Morgan fingerprint density at radius 1 is 0.905 bits per heavy atom. The van der Waals surface area contributed by atoms with Crippen LogP contribution in [0.3, 0.4) is 0 Å². The van der Waals surface area contributed by atoms with Gasteiger partial charge in [-0.1, -0.05) is 56.3 Å². The molecule has 0 radical (unpaired) electrons. The van der Waals surface area contributed by atoms with Crippen molar-refractivity contribution in [2.24, 2.45) is 5.92 Å². The first kappa shape index (κ1) is 15.7. The normalized spacial score (nSPS) is 12.6. The largest absolute Gasteiger partial charge is 0.316 e. The second-order valence-electron chi connectivity index (χ2n) is 5.99. The Morgan fingerprint density at radius 3 is 2.19 bits per heavy atom. The topological polar surface area (TPSA) is 12.0 Å². The SMILES string of the molecule is CC(C)CNCC(Cc1ccccc1)c1ccc(F)cc1.